The number of rotatable bonds is 0. The Balaban J connectivity index is 2.53. The summed E-state index contributed by atoms with van der Waals surface area (Å²) in [5, 5.41) is 2.79. The summed E-state index contributed by atoms with van der Waals surface area (Å²) < 4.78 is 0. The van der Waals surface area contributed by atoms with Gasteiger partial charge < -0.3 is 5.32 Å². The third-order valence-corrected chi connectivity index (χ3v) is 2.15. The van der Waals surface area contributed by atoms with Crippen molar-refractivity contribution in [1.82, 2.24) is 15.3 Å². The van der Waals surface area contributed by atoms with Crippen molar-refractivity contribution in [2.45, 2.75) is 13.0 Å². The first kappa shape index (κ1) is 7.97. The van der Waals surface area contributed by atoms with Crippen LogP contribution >= 0.6 is 0 Å². The molecule has 1 aliphatic rings. The molecular weight excluding hydrogens is 168 g/mol. The molecule has 0 saturated heterocycles. The zero-order valence-electron chi connectivity index (χ0n) is 7.48. The molecule has 1 aromatic heterocycles. The predicted octanol–water partition coefficient (Wildman–Crippen LogP) is 0.697. The van der Waals surface area contributed by atoms with Gasteiger partial charge in [-0.3, -0.25) is 4.90 Å². The van der Waals surface area contributed by atoms with Crippen LogP contribution in [-0.4, -0.2) is 23.0 Å². The average Bonchev–Trinajstić information content (AvgIpc) is 2.15. The molecule has 2 amide bonds. The lowest BCUT2D eigenvalue weighted by atomic mass is 10.1. The van der Waals surface area contributed by atoms with Crippen molar-refractivity contribution in [2.75, 3.05) is 11.9 Å². The van der Waals surface area contributed by atoms with Crippen molar-refractivity contribution in [3.63, 3.8) is 0 Å². The van der Waals surface area contributed by atoms with Crippen LogP contribution in [0.5, 0.6) is 0 Å². The minimum Gasteiger partial charge on any atom is -0.331 e. The Morgan fingerprint density at radius 3 is 3.15 bits per heavy atom. The van der Waals surface area contributed by atoms with Crippen molar-refractivity contribution in [3.8, 4) is 0 Å². The first-order valence-electron chi connectivity index (χ1n) is 4.04. The van der Waals surface area contributed by atoms with E-state index in [0.29, 0.717) is 5.82 Å². The van der Waals surface area contributed by atoms with E-state index in [4.69, 9.17) is 0 Å². The summed E-state index contributed by atoms with van der Waals surface area (Å²) in [7, 11) is 1.69. The summed E-state index contributed by atoms with van der Waals surface area (Å²) >= 11 is 0. The normalized spacial score (nSPS) is 20.9. The van der Waals surface area contributed by atoms with Crippen LogP contribution in [0.2, 0.25) is 0 Å². The molecule has 68 valence electrons. The Bertz CT molecular complexity index is 352. The van der Waals surface area contributed by atoms with E-state index in [2.05, 4.69) is 15.3 Å². The Labute approximate surface area is 75.8 Å². The van der Waals surface area contributed by atoms with Crippen molar-refractivity contribution < 1.29 is 4.79 Å². The van der Waals surface area contributed by atoms with Crippen LogP contribution in [0, 0.1) is 0 Å². The van der Waals surface area contributed by atoms with E-state index in [9.17, 15) is 4.79 Å². The lowest BCUT2D eigenvalue weighted by Crippen LogP contribution is -2.44. The molecule has 0 bridgehead atoms. The van der Waals surface area contributed by atoms with Crippen LogP contribution in [0.4, 0.5) is 10.6 Å². The van der Waals surface area contributed by atoms with E-state index in [1.54, 1.807) is 13.2 Å². The smallest absolute Gasteiger partial charge is 0.323 e. The fourth-order valence-electron chi connectivity index (χ4n) is 1.38. The van der Waals surface area contributed by atoms with Crippen LogP contribution in [0.3, 0.4) is 0 Å². The number of hydrogen-bond donors (Lipinski definition) is 1. The average molecular weight is 178 g/mol. The van der Waals surface area contributed by atoms with Crippen LogP contribution in [0.25, 0.3) is 0 Å². The highest BCUT2D eigenvalue weighted by molar-refractivity contribution is 5.93. The second-order valence-corrected chi connectivity index (χ2v) is 3.03. The monoisotopic (exact) mass is 178 g/mol. The van der Waals surface area contributed by atoms with Crippen LogP contribution in [0.1, 0.15) is 18.5 Å². The fraction of sp³-hybridized carbons (Fsp3) is 0.375. The van der Waals surface area contributed by atoms with Gasteiger partial charge in [0.2, 0.25) is 0 Å². The maximum absolute atomic E-state index is 11.3. The quantitative estimate of drug-likeness (QED) is 0.636. The summed E-state index contributed by atoms with van der Waals surface area (Å²) in [5.41, 5.74) is 0.949. The van der Waals surface area contributed by atoms with Crippen molar-refractivity contribution in [2.24, 2.45) is 0 Å². The molecule has 0 saturated carbocycles. The third-order valence-electron chi connectivity index (χ3n) is 2.15. The number of nitrogens with one attached hydrogen (secondary N) is 1. The second kappa shape index (κ2) is 2.69. The van der Waals surface area contributed by atoms with E-state index in [-0.39, 0.29) is 12.1 Å². The Hall–Kier alpha value is -1.65. The number of fused-ring (bicyclic) bond motifs is 1. The minimum atomic E-state index is -0.126. The molecule has 0 spiro atoms. The third kappa shape index (κ3) is 1.12. The number of amides is 2. The van der Waals surface area contributed by atoms with Crippen LogP contribution in [-0.2, 0) is 0 Å². The zero-order valence-corrected chi connectivity index (χ0v) is 7.48. The molecule has 0 radical (unpaired) electrons. The van der Waals surface area contributed by atoms with Crippen molar-refractivity contribution in [3.05, 3.63) is 18.1 Å². The number of carbonyl (C=O) groups is 1. The van der Waals surface area contributed by atoms with Gasteiger partial charge in [-0.2, -0.15) is 0 Å². The largest absolute Gasteiger partial charge is 0.331 e. The molecular formula is C8H10N4O. The van der Waals surface area contributed by atoms with Gasteiger partial charge in [0.15, 0.2) is 0 Å². The Kier molecular flexibility index (Phi) is 1.65. The van der Waals surface area contributed by atoms with Gasteiger partial charge in [-0.25, -0.2) is 14.8 Å². The standard InChI is InChI=1S/C8H10N4O/c1-5-6-3-9-4-10-7(6)12(2)8(13)11-5/h3-5H,1-2H3,(H,11,13). The fourth-order valence-corrected chi connectivity index (χ4v) is 1.38. The van der Waals surface area contributed by atoms with Crippen molar-refractivity contribution >= 4 is 11.8 Å². The molecule has 0 fully saturated rings. The highest BCUT2D eigenvalue weighted by atomic mass is 16.2. The summed E-state index contributed by atoms with van der Waals surface area (Å²) in [6.07, 6.45) is 3.17. The molecule has 0 aliphatic carbocycles. The van der Waals surface area contributed by atoms with E-state index in [1.165, 1.54) is 11.2 Å². The number of urea groups is 1. The first-order valence-corrected chi connectivity index (χ1v) is 4.04. The summed E-state index contributed by atoms with van der Waals surface area (Å²) in [4.78, 5) is 20.8. The van der Waals surface area contributed by atoms with Crippen molar-refractivity contribution in [1.29, 1.82) is 0 Å². The molecule has 1 aliphatic heterocycles. The molecule has 1 aromatic rings. The van der Waals surface area contributed by atoms with Gasteiger partial charge in [-0.1, -0.05) is 0 Å². The molecule has 1 N–H and O–H groups in total. The summed E-state index contributed by atoms with van der Waals surface area (Å²) in [6.45, 7) is 1.91. The van der Waals surface area contributed by atoms with E-state index >= 15 is 0 Å². The number of nitrogens with zero attached hydrogens (tertiary/aromatic N) is 3. The van der Waals surface area contributed by atoms with Gasteiger partial charge in [0, 0.05) is 18.8 Å². The number of hydrogen-bond acceptors (Lipinski definition) is 3. The highest BCUT2D eigenvalue weighted by Gasteiger charge is 2.26. The van der Waals surface area contributed by atoms with Gasteiger partial charge in [-0.15, -0.1) is 0 Å². The van der Waals surface area contributed by atoms with Crippen LogP contribution < -0.4 is 10.2 Å². The van der Waals surface area contributed by atoms with Gasteiger partial charge >= 0.3 is 6.03 Å². The number of carbonyl (C=O) groups excluding carboxylic acids is 1. The molecule has 2 heterocycles. The number of anilines is 1. The Morgan fingerprint density at radius 1 is 1.62 bits per heavy atom. The molecule has 5 heteroatoms. The van der Waals surface area contributed by atoms with Gasteiger partial charge in [0.1, 0.15) is 12.1 Å². The van der Waals surface area contributed by atoms with E-state index in [1.807, 2.05) is 6.92 Å². The van der Waals surface area contributed by atoms with E-state index in [0.717, 1.165) is 5.56 Å². The highest BCUT2D eigenvalue weighted by Crippen LogP contribution is 2.25. The lowest BCUT2D eigenvalue weighted by molar-refractivity contribution is 0.242. The topological polar surface area (TPSA) is 58.1 Å². The number of aromatic nitrogens is 2. The molecule has 0 aromatic carbocycles. The minimum absolute atomic E-state index is 0.0140. The van der Waals surface area contributed by atoms with Gasteiger partial charge in [-0.05, 0) is 6.92 Å². The Morgan fingerprint density at radius 2 is 2.38 bits per heavy atom. The maximum atomic E-state index is 11.3. The van der Waals surface area contributed by atoms with Gasteiger partial charge in [0.05, 0.1) is 6.04 Å². The predicted molar refractivity (Wildman–Crippen MR) is 47.4 cm³/mol. The van der Waals surface area contributed by atoms with Gasteiger partial charge in [0.25, 0.3) is 0 Å². The molecule has 5 nitrogen and oxygen atoms in total. The molecule has 1 atom stereocenters. The summed E-state index contributed by atoms with van der Waals surface area (Å²) in [6, 6.07) is -0.140. The van der Waals surface area contributed by atoms with Crippen LogP contribution in [0.15, 0.2) is 12.5 Å². The molecule has 2 rings (SSSR count). The summed E-state index contributed by atoms with van der Waals surface area (Å²) in [5.74, 6) is 0.686. The second-order valence-electron chi connectivity index (χ2n) is 3.03. The first-order chi connectivity index (χ1) is 6.20. The molecule has 1 unspecified atom stereocenters. The SMILES string of the molecule is CC1NC(=O)N(C)c2ncncc21. The maximum Gasteiger partial charge on any atom is 0.323 e. The zero-order chi connectivity index (χ0) is 9.42. The molecule has 13 heavy (non-hydrogen) atoms. The lowest BCUT2D eigenvalue weighted by Gasteiger charge is -2.29. The van der Waals surface area contributed by atoms with E-state index < -0.39 is 0 Å².